The van der Waals surface area contributed by atoms with Gasteiger partial charge in [-0.05, 0) is 44.0 Å². The van der Waals surface area contributed by atoms with Crippen molar-refractivity contribution in [3.63, 3.8) is 0 Å². The van der Waals surface area contributed by atoms with Gasteiger partial charge < -0.3 is 14.5 Å². The minimum Gasteiger partial charge on any atom is -0.492 e. The minimum absolute atomic E-state index is 0.00965. The highest BCUT2D eigenvalue weighted by molar-refractivity contribution is 7.89. The van der Waals surface area contributed by atoms with Crippen molar-refractivity contribution >= 4 is 15.9 Å². The van der Waals surface area contributed by atoms with Gasteiger partial charge in [-0.3, -0.25) is 4.79 Å². The number of nitrogens with zero attached hydrogens (tertiary/aromatic N) is 1. The summed E-state index contributed by atoms with van der Waals surface area (Å²) in [6.45, 7) is 2.42. The first-order valence-corrected chi connectivity index (χ1v) is 10.7. The van der Waals surface area contributed by atoms with Crippen molar-refractivity contribution in [2.75, 3.05) is 26.2 Å². The van der Waals surface area contributed by atoms with Gasteiger partial charge in [-0.2, -0.15) is 17.5 Å². The molecule has 1 aliphatic rings. The molecule has 0 aliphatic carbocycles. The largest absolute Gasteiger partial charge is 0.492 e. The smallest absolute Gasteiger partial charge is 0.416 e. The molecule has 0 bridgehead atoms. The number of carbonyl (C=O) groups is 1. The summed E-state index contributed by atoms with van der Waals surface area (Å²) in [5.74, 6) is -0.394. The summed E-state index contributed by atoms with van der Waals surface area (Å²) >= 11 is 0. The van der Waals surface area contributed by atoms with Gasteiger partial charge in [-0.15, -0.1) is 0 Å². The number of ether oxygens (including phenoxy) is 1. The van der Waals surface area contributed by atoms with Gasteiger partial charge in [0.15, 0.2) is 5.76 Å². The van der Waals surface area contributed by atoms with E-state index in [-0.39, 0.29) is 35.3 Å². The lowest BCUT2D eigenvalue weighted by Crippen LogP contribution is -2.28. The monoisotopic (exact) mass is 446 g/mol. The zero-order valence-electron chi connectivity index (χ0n) is 16.2. The molecule has 3 rings (SSSR count). The summed E-state index contributed by atoms with van der Waals surface area (Å²) in [7, 11) is -3.70. The van der Waals surface area contributed by atoms with Crippen molar-refractivity contribution < 1.29 is 35.5 Å². The molecule has 164 valence electrons. The quantitative estimate of drug-likeness (QED) is 0.660. The van der Waals surface area contributed by atoms with Crippen molar-refractivity contribution in [1.82, 2.24) is 9.62 Å². The molecule has 1 aromatic carbocycles. The normalized spacial score (nSPS) is 15.3. The standard InChI is InChI=1S/C19H21F3N2O5S/c1-13-17(30(26,27)24-9-2-3-10-24)12-16(29-13)18(25)23-8-11-28-15-6-4-14(5-7-15)19(20,21)22/h4-7,12H,2-3,8-11H2,1H3,(H,23,25). The van der Waals surface area contributed by atoms with Gasteiger partial charge in [-0.1, -0.05) is 0 Å². The number of sulfonamides is 1. The fraction of sp³-hybridized carbons (Fsp3) is 0.421. The number of hydrogen-bond acceptors (Lipinski definition) is 5. The average Bonchev–Trinajstić information content (AvgIpc) is 3.35. The van der Waals surface area contributed by atoms with Crippen LogP contribution in [0.2, 0.25) is 0 Å². The number of alkyl halides is 3. The van der Waals surface area contributed by atoms with E-state index in [9.17, 15) is 26.4 Å². The fourth-order valence-corrected chi connectivity index (χ4v) is 4.74. The highest BCUT2D eigenvalue weighted by Crippen LogP contribution is 2.30. The molecule has 1 aliphatic heterocycles. The van der Waals surface area contributed by atoms with Gasteiger partial charge in [0.25, 0.3) is 5.91 Å². The molecule has 0 unspecified atom stereocenters. The summed E-state index contributed by atoms with van der Waals surface area (Å²) < 4.78 is 74.8. The number of furan rings is 1. The molecule has 0 radical (unpaired) electrons. The molecule has 1 saturated heterocycles. The van der Waals surface area contributed by atoms with Gasteiger partial charge in [0.1, 0.15) is 23.0 Å². The first kappa shape index (κ1) is 22.2. The summed E-state index contributed by atoms with van der Waals surface area (Å²) in [5, 5.41) is 2.52. The van der Waals surface area contributed by atoms with Gasteiger partial charge in [0, 0.05) is 19.2 Å². The molecule has 1 N–H and O–H groups in total. The van der Waals surface area contributed by atoms with E-state index in [0.717, 1.165) is 25.0 Å². The van der Waals surface area contributed by atoms with Crippen LogP contribution in [-0.4, -0.2) is 44.9 Å². The average molecular weight is 446 g/mol. The molecule has 2 aromatic rings. The number of nitrogens with one attached hydrogen (secondary N) is 1. The molecular weight excluding hydrogens is 425 g/mol. The number of amides is 1. The topological polar surface area (TPSA) is 88.8 Å². The van der Waals surface area contributed by atoms with Crippen LogP contribution in [0.15, 0.2) is 39.6 Å². The highest BCUT2D eigenvalue weighted by atomic mass is 32.2. The third-order valence-electron chi connectivity index (χ3n) is 4.62. The second kappa shape index (κ2) is 8.68. The molecule has 1 amide bonds. The van der Waals surface area contributed by atoms with E-state index in [1.165, 1.54) is 29.4 Å². The maximum Gasteiger partial charge on any atom is 0.416 e. The summed E-state index contributed by atoms with van der Waals surface area (Å²) in [6, 6.07) is 5.39. The number of benzene rings is 1. The fourth-order valence-electron chi connectivity index (χ4n) is 3.06. The predicted octanol–water partition coefficient (Wildman–Crippen LogP) is 3.20. The van der Waals surface area contributed by atoms with E-state index in [1.807, 2.05) is 0 Å². The molecule has 30 heavy (non-hydrogen) atoms. The lowest BCUT2D eigenvalue weighted by atomic mass is 10.2. The second-order valence-electron chi connectivity index (χ2n) is 6.77. The van der Waals surface area contributed by atoms with Crippen LogP contribution in [0.25, 0.3) is 0 Å². The van der Waals surface area contributed by atoms with E-state index in [0.29, 0.717) is 13.1 Å². The highest BCUT2D eigenvalue weighted by Gasteiger charge is 2.32. The Morgan fingerprint density at radius 2 is 1.83 bits per heavy atom. The molecule has 0 atom stereocenters. The van der Waals surface area contributed by atoms with Gasteiger partial charge in [0.05, 0.1) is 12.1 Å². The zero-order valence-corrected chi connectivity index (χ0v) is 17.0. The van der Waals surface area contributed by atoms with E-state index < -0.39 is 27.7 Å². The van der Waals surface area contributed by atoms with Crippen molar-refractivity contribution in [3.05, 3.63) is 47.4 Å². The van der Waals surface area contributed by atoms with Crippen LogP contribution in [0, 0.1) is 6.92 Å². The van der Waals surface area contributed by atoms with E-state index in [4.69, 9.17) is 9.15 Å². The first-order chi connectivity index (χ1) is 14.1. The molecular formula is C19H21F3N2O5S. The Kier molecular flexibility index (Phi) is 6.41. The molecule has 1 aromatic heterocycles. The third kappa shape index (κ3) is 4.96. The predicted molar refractivity (Wildman–Crippen MR) is 101 cm³/mol. The Hall–Kier alpha value is -2.53. The summed E-state index contributed by atoms with van der Waals surface area (Å²) in [6.07, 6.45) is -2.83. The Morgan fingerprint density at radius 3 is 2.43 bits per heavy atom. The Balaban J connectivity index is 1.53. The Labute approximate surface area is 171 Å². The summed E-state index contributed by atoms with van der Waals surface area (Å²) in [4.78, 5) is 12.2. The Bertz CT molecular complexity index is 994. The number of halogens is 3. The maximum absolute atomic E-state index is 12.6. The zero-order chi connectivity index (χ0) is 21.9. The third-order valence-corrected chi connectivity index (χ3v) is 6.62. The number of rotatable bonds is 7. The molecule has 1 fully saturated rings. The van der Waals surface area contributed by atoms with Crippen LogP contribution in [0.3, 0.4) is 0 Å². The number of carbonyl (C=O) groups excluding carboxylic acids is 1. The second-order valence-corrected chi connectivity index (χ2v) is 8.68. The van der Waals surface area contributed by atoms with Crippen LogP contribution in [0.5, 0.6) is 5.75 Å². The SMILES string of the molecule is Cc1oc(C(=O)NCCOc2ccc(C(F)(F)F)cc2)cc1S(=O)(=O)N1CCCC1. The van der Waals surface area contributed by atoms with Crippen LogP contribution in [0.1, 0.15) is 34.7 Å². The van der Waals surface area contributed by atoms with Crippen molar-refractivity contribution in [2.24, 2.45) is 0 Å². The minimum atomic E-state index is -4.42. The van der Waals surface area contributed by atoms with Crippen LogP contribution in [0.4, 0.5) is 13.2 Å². The Morgan fingerprint density at radius 1 is 1.20 bits per heavy atom. The van der Waals surface area contributed by atoms with Crippen LogP contribution < -0.4 is 10.1 Å². The molecule has 0 saturated carbocycles. The molecule has 7 nitrogen and oxygen atoms in total. The van der Waals surface area contributed by atoms with Crippen molar-refractivity contribution in [1.29, 1.82) is 0 Å². The molecule has 0 spiro atoms. The van der Waals surface area contributed by atoms with Gasteiger partial charge >= 0.3 is 6.18 Å². The molecule has 2 heterocycles. The van der Waals surface area contributed by atoms with E-state index >= 15 is 0 Å². The number of hydrogen-bond donors (Lipinski definition) is 1. The van der Waals surface area contributed by atoms with Gasteiger partial charge in [-0.25, -0.2) is 8.42 Å². The molecule has 11 heteroatoms. The first-order valence-electron chi connectivity index (χ1n) is 9.28. The van der Waals surface area contributed by atoms with E-state index in [2.05, 4.69) is 5.32 Å². The summed E-state index contributed by atoms with van der Waals surface area (Å²) in [5.41, 5.74) is -0.781. The number of aryl methyl sites for hydroxylation is 1. The lowest BCUT2D eigenvalue weighted by Gasteiger charge is -2.14. The van der Waals surface area contributed by atoms with Gasteiger partial charge in [0.2, 0.25) is 10.0 Å². The lowest BCUT2D eigenvalue weighted by molar-refractivity contribution is -0.137. The van der Waals surface area contributed by atoms with Crippen molar-refractivity contribution in [3.8, 4) is 5.75 Å². The maximum atomic E-state index is 12.6. The van der Waals surface area contributed by atoms with Crippen molar-refractivity contribution in [2.45, 2.75) is 30.8 Å². The van der Waals surface area contributed by atoms with Crippen LogP contribution in [-0.2, 0) is 16.2 Å². The van der Waals surface area contributed by atoms with Crippen LogP contribution >= 0.6 is 0 Å². The van der Waals surface area contributed by atoms with E-state index in [1.54, 1.807) is 0 Å².